The molecule has 0 atom stereocenters. The molecule has 1 aromatic rings. The zero-order chi connectivity index (χ0) is 12.5. The Morgan fingerprint density at radius 2 is 2.06 bits per heavy atom. The molecule has 0 radical (unpaired) electrons. The van der Waals surface area contributed by atoms with Gasteiger partial charge in [0, 0.05) is 6.54 Å². The number of aromatic nitrogens is 2. The fourth-order valence-electron chi connectivity index (χ4n) is 1.88. The lowest BCUT2D eigenvalue weighted by molar-refractivity contribution is -0.385. The highest BCUT2D eigenvalue weighted by Gasteiger charge is 2.45. The molecular formula is C11H16N4O2. The largest absolute Gasteiger partial charge is 0.354 e. The van der Waals surface area contributed by atoms with Crippen LogP contribution in [0.1, 0.15) is 26.7 Å². The van der Waals surface area contributed by atoms with Gasteiger partial charge in [-0.2, -0.15) is 0 Å². The second-order valence-electron chi connectivity index (χ2n) is 4.89. The maximum atomic E-state index is 10.4. The van der Waals surface area contributed by atoms with Gasteiger partial charge in [0.15, 0.2) is 0 Å². The van der Waals surface area contributed by atoms with Gasteiger partial charge >= 0.3 is 5.69 Å². The minimum absolute atomic E-state index is 0.0828. The molecule has 1 aromatic heterocycles. The van der Waals surface area contributed by atoms with Gasteiger partial charge in [-0.25, -0.2) is 9.97 Å². The third-order valence-electron chi connectivity index (χ3n) is 3.56. The van der Waals surface area contributed by atoms with Crippen LogP contribution in [0, 0.1) is 21.4 Å². The molecule has 92 valence electrons. The van der Waals surface area contributed by atoms with Crippen LogP contribution in [-0.4, -0.2) is 21.4 Å². The molecule has 2 rings (SSSR count). The van der Waals surface area contributed by atoms with E-state index < -0.39 is 4.92 Å². The van der Waals surface area contributed by atoms with E-state index >= 15 is 0 Å². The summed E-state index contributed by atoms with van der Waals surface area (Å²) in [5, 5.41) is 13.6. The van der Waals surface area contributed by atoms with E-state index in [0.29, 0.717) is 17.3 Å². The number of nitrogens with one attached hydrogen (secondary N) is 1. The van der Waals surface area contributed by atoms with Gasteiger partial charge in [0.1, 0.15) is 12.4 Å². The summed E-state index contributed by atoms with van der Waals surface area (Å²) in [5.74, 6) is 1.09. The number of anilines is 1. The van der Waals surface area contributed by atoms with Crippen LogP contribution in [0.3, 0.4) is 0 Å². The molecule has 0 saturated heterocycles. The zero-order valence-electron chi connectivity index (χ0n) is 10.0. The van der Waals surface area contributed by atoms with Gasteiger partial charge in [-0.15, -0.1) is 0 Å². The Kier molecular flexibility index (Phi) is 2.95. The van der Waals surface area contributed by atoms with Gasteiger partial charge in [-0.3, -0.25) is 10.1 Å². The highest BCUT2D eigenvalue weighted by atomic mass is 16.6. The molecule has 0 amide bonds. The predicted octanol–water partition coefficient (Wildman–Crippen LogP) is 2.23. The highest BCUT2D eigenvalue weighted by molar-refractivity contribution is 5.31. The molecule has 1 saturated carbocycles. The molecule has 17 heavy (non-hydrogen) atoms. The van der Waals surface area contributed by atoms with E-state index in [1.54, 1.807) is 0 Å². The summed E-state index contributed by atoms with van der Waals surface area (Å²) in [4.78, 5) is 17.8. The molecular weight excluding hydrogens is 220 g/mol. The molecule has 0 bridgehead atoms. The fraction of sp³-hybridized carbons (Fsp3) is 0.636. The topological polar surface area (TPSA) is 81.0 Å². The molecule has 6 heteroatoms. The lowest BCUT2D eigenvalue weighted by Crippen LogP contribution is -2.21. The normalized spacial score (nSPS) is 16.9. The van der Waals surface area contributed by atoms with Crippen molar-refractivity contribution in [3.63, 3.8) is 0 Å². The Morgan fingerprint density at radius 3 is 2.47 bits per heavy atom. The summed E-state index contributed by atoms with van der Waals surface area (Å²) < 4.78 is 0. The average molecular weight is 236 g/mol. The Morgan fingerprint density at radius 1 is 1.47 bits per heavy atom. The predicted molar refractivity (Wildman–Crippen MR) is 63.7 cm³/mol. The Hall–Kier alpha value is -1.72. The van der Waals surface area contributed by atoms with Crippen LogP contribution in [0.2, 0.25) is 0 Å². The molecule has 1 heterocycles. The fourth-order valence-corrected chi connectivity index (χ4v) is 1.88. The number of hydrogen-bond acceptors (Lipinski definition) is 5. The molecule has 6 nitrogen and oxygen atoms in total. The lowest BCUT2D eigenvalue weighted by atomic mass is 9.92. The summed E-state index contributed by atoms with van der Waals surface area (Å²) >= 11 is 0. The van der Waals surface area contributed by atoms with E-state index in [1.165, 1.54) is 25.2 Å². The van der Waals surface area contributed by atoms with E-state index in [1.807, 2.05) is 0 Å². The van der Waals surface area contributed by atoms with E-state index in [0.717, 1.165) is 6.54 Å². The molecule has 1 aliphatic rings. The van der Waals surface area contributed by atoms with Crippen LogP contribution < -0.4 is 5.32 Å². The third kappa shape index (κ3) is 2.51. The standard InChI is InChI=1S/C11H16N4O2/c1-8(2)11(3-4-11)7-14-10-12-5-9(6-13-10)15(16)17/h5-6,8H,3-4,7H2,1-2H3,(H,12,13,14). The Labute approximate surface area is 99.6 Å². The number of nitro groups is 1. The summed E-state index contributed by atoms with van der Waals surface area (Å²) in [7, 11) is 0. The second kappa shape index (κ2) is 4.27. The summed E-state index contributed by atoms with van der Waals surface area (Å²) in [6.07, 6.45) is 4.91. The van der Waals surface area contributed by atoms with Gasteiger partial charge in [-0.1, -0.05) is 13.8 Å². The molecule has 1 N–H and O–H groups in total. The molecule has 1 aliphatic carbocycles. The summed E-state index contributed by atoms with van der Waals surface area (Å²) in [5.41, 5.74) is 0.283. The lowest BCUT2D eigenvalue weighted by Gasteiger charge is -2.19. The molecule has 0 spiro atoms. The molecule has 0 unspecified atom stereocenters. The SMILES string of the molecule is CC(C)C1(CNc2ncc([N+](=O)[O-])cn2)CC1. The van der Waals surface area contributed by atoms with E-state index in [2.05, 4.69) is 29.1 Å². The first kappa shape index (κ1) is 11.8. The Balaban J connectivity index is 1.94. The van der Waals surface area contributed by atoms with Crippen LogP contribution in [0.15, 0.2) is 12.4 Å². The average Bonchev–Trinajstić information content (AvgIpc) is 3.08. The maximum Gasteiger partial charge on any atom is 0.305 e. The maximum absolute atomic E-state index is 10.4. The van der Waals surface area contributed by atoms with Crippen molar-refractivity contribution in [3.05, 3.63) is 22.5 Å². The van der Waals surface area contributed by atoms with Crippen LogP contribution in [0.5, 0.6) is 0 Å². The van der Waals surface area contributed by atoms with Crippen LogP contribution in [-0.2, 0) is 0 Å². The van der Waals surface area contributed by atoms with E-state index in [4.69, 9.17) is 0 Å². The van der Waals surface area contributed by atoms with Crippen molar-refractivity contribution in [1.29, 1.82) is 0 Å². The smallest absolute Gasteiger partial charge is 0.305 e. The van der Waals surface area contributed by atoms with Crippen molar-refractivity contribution >= 4 is 11.6 Å². The van der Waals surface area contributed by atoms with Gasteiger partial charge in [-0.05, 0) is 24.2 Å². The molecule has 0 aliphatic heterocycles. The monoisotopic (exact) mass is 236 g/mol. The quantitative estimate of drug-likeness (QED) is 0.626. The number of hydrogen-bond donors (Lipinski definition) is 1. The Bertz CT molecular complexity index is 412. The minimum atomic E-state index is -0.500. The first-order valence-corrected chi connectivity index (χ1v) is 5.74. The molecule has 1 fully saturated rings. The zero-order valence-corrected chi connectivity index (χ0v) is 10.0. The first-order valence-electron chi connectivity index (χ1n) is 5.74. The highest BCUT2D eigenvalue weighted by Crippen LogP contribution is 2.51. The van der Waals surface area contributed by atoms with Crippen LogP contribution in [0.25, 0.3) is 0 Å². The molecule has 0 aromatic carbocycles. The van der Waals surface area contributed by atoms with Gasteiger partial charge in [0.05, 0.1) is 4.92 Å². The summed E-state index contributed by atoms with van der Waals surface area (Å²) in [6, 6.07) is 0. The van der Waals surface area contributed by atoms with Crippen molar-refractivity contribution in [2.75, 3.05) is 11.9 Å². The van der Waals surface area contributed by atoms with Crippen molar-refractivity contribution in [2.45, 2.75) is 26.7 Å². The van der Waals surface area contributed by atoms with Gasteiger partial charge in [0.2, 0.25) is 5.95 Å². The van der Waals surface area contributed by atoms with Gasteiger partial charge in [0.25, 0.3) is 0 Å². The van der Waals surface area contributed by atoms with Gasteiger partial charge < -0.3 is 5.32 Å². The van der Waals surface area contributed by atoms with Crippen molar-refractivity contribution in [1.82, 2.24) is 9.97 Å². The van der Waals surface area contributed by atoms with E-state index in [9.17, 15) is 10.1 Å². The van der Waals surface area contributed by atoms with E-state index in [-0.39, 0.29) is 5.69 Å². The van der Waals surface area contributed by atoms with Crippen LogP contribution >= 0.6 is 0 Å². The van der Waals surface area contributed by atoms with Crippen molar-refractivity contribution in [2.24, 2.45) is 11.3 Å². The summed E-state index contributed by atoms with van der Waals surface area (Å²) in [6.45, 7) is 5.26. The van der Waals surface area contributed by atoms with Crippen LogP contribution in [0.4, 0.5) is 11.6 Å². The third-order valence-corrected chi connectivity index (χ3v) is 3.56. The number of rotatable bonds is 5. The van der Waals surface area contributed by atoms with Crippen molar-refractivity contribution in [3.8, 4) is 0 Å². The van der Waals surface area contributed by atoms with Crippen molar-refractivity contribution < 1.29 is 4.92 Å². The second-order valence-corrected chi connectivity index (χ2v) is 4.89. The first-order chi connectivity index (χ1) is 8.03. The minimum Gasteiger partial charge on any atom is -0.354 e. The number of nitrogens with zero attached hydrogens (tertiary/aromatic N) is 3.